The molecule has 0 spiro atoms. The summed E-state index contributed by atoms with van der Waals surface area (Å²) in [5, 5.41) is 11.9. The Labute approximate surface area is 158 Å². The molecule has 0 radical (unpaired) electrons. The van der Waals surface area contributed by atoms with Crippen LogP contribution in [0.15, 0.2) is 48.5 Å². The number of hydrogen-bond acceptors (Lipinski definition) is 4. The Bertz CT molecular complexity index is 886. The number of nitrogens with one attached hydrogen (secondary N) is 1. The van der Waals surface area contributed by atoms with Gasteiger partial charge in [-0.2, -0.15) is 5.26 Å². The zero-order chi connectivity index (χ0) is 19.4. The number of carbonyl (C=O) groups excluding carboxylic acids is 2. The second kappa shape index (κ2) is 7.92. The molecule has 2 aromatic rings. The highest BCUT2D eigenvalue weighted by Crippen LogP contribution is 2.37. The first kappa shape index (κ1) is 18.5. The maximum absolute atomic E-state index is 13.0. The summed E-state index contributed by atoms with van der Waals surface area (Å²) in [5.41, 5.74) is 1.94. The van der Waals surface area contributed by atoms with Crippen molar-refractivity contribution in [2.24, 2.45) is 5.92 Å². The lowest BCUT2D eigenvalue weighted by Crippen LogP contribution is -2.44. The molecule has 0 saturated carbocycles. The fraction of sp³-hybridized carbons (Fsp3) is 0.286. The van der Waals surface area contributed by atoms with Gasteiger partial charge in [-0.05, 0) is 42.3 Å². The van der Waals surface area contributed by atoms with E-state index in [0.29, 0.717) is 24.1 Å². The van der Waals surface area contributed by atoms with Crippen LogP contribution >= 0.6 is 0 Å². The molecule has 1 N–H and O–H groups in total. The van der Waals surface area contributed by atoms with E-state index in [-0.39, 0.29) is 23.8 Å². The van der Waals surface area contributed by atoms with Gasteiger partial charge in [0.1, 0.15) is 5.75 Å². The zero-order valence-electron chi connectivity index (χ0n) is 15.3. The van der Waals surface area contributed by atoms with E-state index in [1.54, 1.807) is 43.3 Å². The second-order valence-corrected chi connectivity index (χ2v) is 6.55. The van der Waals surface area contributed by atoms with Crippen LogP contribution in [0, 0.1) is 17.2 Å². The third kappa shape index (κ3) is 3.93. The van der Waals surface area contributed by atoms with Crippen LogP contribution in [0.3, 0.4) is 0 Å². The fourth-order valence-electron chi connectivity index (χ4n) is 3.47. The topological polar surface area (TPSA) is 82.4 Å². The van der Waals surface area contributed by atoms with E-state index >= 15 is 0 Å². The Hall–Kier alpha value is -3.33. The molecule has 1 aliphatic rings. The number of anilines is 1. The van der Waals surface area contributed by atoms with Crippen LogP contribution in [0.2, 0.25) is 0 Å². The SMILES string of the molecule is COc1ccc([C@@H]2[C@@H](C(=O)Nc3cccc(C#N)c3)CCC(=O)N2C)cc1. The van der Waals surface area contributed by atoms with Gasteiger partial charge in [-0.15, -0.1) is 0 Å². The van der Waals surface area contributed by atoms with Gasteiger partial charge in [0.05, 0.1) is 30.7 Å². The Morgan fingerprint density at radius 2 is 2.00 bits per heavy atom. The molecule has 138 valence electrons. The van der Waals surface area contributed by atoms with Crippen molar-refractivity contribution in [2.75, 3.05) is 19.5 Å². The van der Waals surface area contributed by atoms with E-state index in [1.165, 1.54) is 0 Å². The molecule has 1 aliphatic heterocycles. The van der Waals surface area contributed by atoms with Crippen molar-refractivity contribution in [3.05, 3.63) is 59.7 Å². The summed E-state index contributed by atoms with van der Waals surface area (Å²) in [4.78, 5) is 26.9. The summed E-state index contributed by atoms with van der Waals surface area (Å²) in [6.07, 6.45) is 0.809. The number of ether oxygens (including phenoxy) is 1. The molecule has 1 fully saturated rings. The van der Waals surface area contributed by atoms with Crippen LogP contribution in [0.4, 0.5) is 5.69 Å². The minimum Gasteiger partial charge on any atom is -0.497 e. The van der Waals surface area contributed by atoms with Gasteiger partial charge in [0.2, 0.25) is 11.8 Å². The van der Waals surface area contributed by atoms with E-state index in [4.69, 9.17) is 10.00 Å². The number of piperidine rings is 1. The highest BCUT2D eigenvalue weighted by molar-refractivity contribution is 5.94. The molecule has 1 saturated heterocycles. The molecule has 1 heterocycles. The van der Waals surface area contributed by atoms with E-state index in [1.807, 2.05) is 24.3 Å². The minimum atomic E-state index is -0.383. The largest absolute Gasteiger partial charge is 0.497 e. The molecule has 0 bridgehead atoms. The van der Waals surface area contributed by atoms with Crippen molar-refractivity contribution in [1.82, 2.24) is 4.90 Å². The number of benzene rings is 2. The Morgan fingerprint density at radius 3 is 2.67 bits per heavy atom. The molecular weight excluding hydrogens is 342 g/mol. The number of nitrogens with zero attached hydrogens (tertiary/aromatic N) is 2. The van der Waals surface area contributed by atoms with Crippen LogP contribution in [0.5, 0.6) is 5.75 Å². The lowest BCUT2D eigenvalue weighted by Gasteiger charge is -2.38. The van der Waals surface area contributed by atoms with Crippen LogP contribution in [-0.2, 0) is 9.59 Å². The monoisotopic (exact) mass is 363 g/mol. The first-order valence-electron chi connectivity index (χ1n) is 8.74. The molecule has 2 aromatic carbocycles. The highest BCUT2D eigenvalue weighted by Gasteiger charge is 2.38. The Balaban J connectivity index is 1.87. The molecule has 0 unspecified atom stereocenters. The number of methoxy groups -OCH3 is 1. The van der Waals surface area contributed by atoms with Crippen molar-refractivity contribution in [2.45, 2.75) is 18.9 Å². The normalized spacial score (nSPS) is 19.3. The standard InChI is InChI=1S/C21H21N3O3/c1-24-19(25)11-10-18(20(24)15-6-8-17(27-2)9-7-15)21(26)23-16-5-3-4-14(12-16)13-22/h3-9,12,18,20H,10-11H2,1-2H3,(H,23,26)/t18-,20+/m0/s1. The average molecular weight is 363 g/mol. The lowest BCUT2D eigenvalue weighted by atomic mass is 9.84. The van der Waals surface area contributed by atoms with Crippen LogP contribution in [-0.4, -0.2) is 30.9 Å². The van der Waals surface area contributed by atoms with Crippen molar-refractivity contribution in [3.63, 3.8) is 0 Å². The minimum absolute atomic E-state index is 0.0198. The summed E-state index contributed by atoms with van der Waals surface area (Å²) in [5.74, 6) is 0.196. The molecule has 2 amide bonds. The third-order valence-electron chi connectivity index (χ3n) is 4.91. The molecular formula is C21H21N3O3. The van der Waals surface area contributed by atoms with Crippen LogP contribution < -0.4 is 10.1 Å². The smallest absolute Gasteiger partial charge is 0.229 e. The maximum atomic E-state index is 13.0. The molecule has 0 aliphatic carbocycles. The summed E-state index contributed by atoms with van der Waals surface area (Å²) in [7, 11) is 3.32. The van der Waals surface area contributed by atoms with Gasteiger partial charge in [-0.1, -0.05) is 18.2 Å². The summed E-state index contributed by atoms with van der Waals surface area (Å²) >= 11 is 0. The molecule has 3 rings (SSSR count). The van der Waals surface area contributed by atoms with Crippen LogP contribution in [0.25, 0.3) is 0 Å². The number of carbonyl (C=O) groups is 2. The quantitative estimate of drug-likeness (QED) is 0.905. The molecule has 6 nitrogen and oxygen atoms in total. The summed E-state index contributed by atoms with van der Waals surface area (Å²) in [6, 6.07) is 15.9. The molecule has 27 heavy (non-hydrogen) atoms. The number of amides is 2. The number of nitriles is 1. The van der Waals surface area contributed by atoms with Gasteiger partial charge in [-0.25, -0.2) is 0 Å². The van der Waals surface area contributed by atoms with Gasteiger partial charge in [0.15, 0.2) is 0 Å². The number of hydrogen-bond donors (Lipinski definition) is 1. The second-order valence-electron chi connectivity index (χ2n) is 6.55. The molecule has 0 aromatic heterocycles. The number of likely N-dealkylation sites (tertiary alicyclic amines) is 1. The van der Waals surface area contributed by atoms with E-state index < -0.39 is 0 Å². The highest BCUT2D eigenvalue weighted by atomic mass is 16.5. The average Bonchev–Trinajstić information content (AvgIpc) is 2.70. The predicted octanol–water partition coefficient (Wildman–Crippen LogP) is 3.12. The van der Waals surface area contributed by atoms with Gasteiger partial charge < -0.3 is 15.0 Å². The summed E-state index contributed by atoms with van der Waals surface area (Å²) in [6.45, 7) is 0. The Morgan fingerprint density at radius 1 is 1.26 bits per heavy atom. The van der Waals surface area contributed by atoms with E-state index in [0.717, 1.165) is 11.3 Å². The van der Waals surface area contributed by atoms with Crippen molar-refractivity contribution >= 4 is 17.5 Å². The molecule has 6 heteroatoms. The molecule has 2 atom stereocenters. The van der Waals surface area contributed by atoms with E-state index in [9.17, 15) is 9.59 Å². The Kier molecular flexibility index (Phi) is 5.41. The number of rotatable bonds is 4. The van der Waals surface area contributed by atoms with Gasteiger partial charge in [0.25, 0.3) is 0 Å². The van der Waals surface area contributed by atoms with Crippen molar-refractivity contribution in [1.29, 1.82) is 5.26 Å². The van der Waals surface area contributed by atoms with Crippen molar-refractivity contribution < 1.29 is 14.3 Å². The van der Waals surface area contributed by atoms with Crippen LogP contribution in [0.1, 0.15) is 30.0 Å². The summed E-state index contributed by atoms with van der Waals surface area (Å²) < 4.78 is 5.19. The third-order valence-corrected chi connectivity index (χ3v) is 4.91. The van der Waals surface area contributed by atoms with Gasteiger partial charge >= 0.3 is 0 Å². The lowest BCUT2D eigenvalue weighted by molar-refractivity contribution is -0.140. The predicted molar refractivity (Wildman–Crippen MR) is 101 cm³/mol. The first-order valence-corrected chi connectivity index (χ1v) is 8.74. The fourth-order valence-corrected chi connectivity index (χ4v) is 3.47. The van der Waals surface area contributed by atoms with E-state index in [2.05, 4.69) is 11.4 Å². The van der Waals surface area contributed by atoms with Gasteiger partial charge in [0, 0.05) is 19.2 Å². The maximum Gasteiger partial charge on any atom is 0.229 e. The first-order chi connectivity index (χ1) is 13.0. The van der Waals surface area contributed by atoms with Gasteiger partial charge in [-0.3, -0.25) is 9.59 Å². The van der Waals surface area contributed by atoms with Crippen molar-refractivity contribution in [3.8, 4) is 11.8 Å². The zero-order valence-corrected chi connectivity index (χ0v) is 15.3.